The van der Waals surface area contributed by atoms with Crippen molar-refractivity contribution in [1.82, 2.24) is 0 Å². The number of rotatable bonds is 18. The Morgan fingerprint density at radius 3 is 1.18 bits per heavy atom. The molecule has 0 bridgehead atoms. The summed E-state index contributed by atoms with van der Waals surface area (Å²) in [5, 5.41) is 0. The van der Waals surface area contributed by atoms with Crippen molar-refractivity contribution in [3.8, 4) is 0 Å². The van der Waals surface area contributed by atoms with Crippen LogP contribution in [-0.4, -0.2) is 25.5 Å². The number of nitrogens with zero attached hydrogens (tertiary/aromatic N) is 2. The van der Waals surface area contributed by atoms with Gasteiger partial charge in [-0.3, -0.25) is 9.98 Å². The summed E-state index contributed by atoms with van der Waals surface area (Å²) in [4.78, 5) is 9.71. The third kappa shape index (κ3) is 11.3. The van der Waals surface area contributed by atoms with E-state index in [9.17, 15) is 0 Å². The van der Waals surface area contributed by atoms with Gasteiger partial charge in [-0.2, -0.15) is 0 Å². The highest BCUT2D eigenvalue weighted by Crippen LogP contribution is 2.37. The maximum absolute atomic E-state index is 4.86. The first-order valence-corrected chi connectivity index (χ1v) is 17.9. The van der Waals surface area contributed by atoms with Gasteiger partial charge in [-0.15, -0.1) is 0 Å². The van der Waals surface area contributed by atoms with Crippen molar-refractivity contribution in [2.45, 2.75) is 160 Å². The molecule has 0 saturated heterocycles. The van der Waals surface area contributed by atoms with Crippen molar-refractivity contribution in [2.24, 2.45) is 20.8 Å². The molecule has 0 atom stereocenters. The molecule has 2 nitrogen and oxygen atoms in total. The van der Waals surface area contributed by atoms with E-state index in [2.05, 4.69) is 107 Å². The molecule has 0 aromatic rings. The van der Waals surface area contributed by atoms with Crippen LogP contribution in [0, 0.1) is 10.8 Å². The summed E-state index contributed by atoms with van der Waals surface area (Å²) in [6, 6.07) is 0. The minimum absolute atomic E-state index is 0.191. The van der Waals surface area contributed by atoms with Gasteiger partial charge in [-0.05, 0) is 99.3 Å². The minimum atomic E-state index is 0.191. The van der Waals surface area contributed by atoms with E-state index in [4.69, 9.17) is 9.98 Å². The Kier molecular flexibility index (Phi) is 17.5. The molecule has 0 unspecified atom stereocenters. The Bertz CT molecular complexity index is 1090. The van der Waals surface area contributed by atoms with Crippen molar-refractivity contribution in [2.75, 3.05) is 14.1 Å². The average Bonchev–Trinajstić information content (AvgIpc) is 3.01. The van der Waals surface area contributed by atoms with Crippen molar-refractivity contribution in [3.05, 3.63) is 68.9 Å². The van der Waals surface area contributed by atoms with E-state index < -0.39 is 0 Å². The molecule has 1 aliphatic carbocycles. The van der Waals surface area contributed by atoms with Crippen molar-refractivity contribution in [1.29, 1.82) is 0 Å². The SMILES string of the molecule is CCCCCCC(/C=C(\C)C1=CC=C(/C(C)=C/C(CCCCCC)=C(\C)C(C)(C)CC)C(=NC)C1=NC)=C(/C)C(C)(C)CC. The van der Waals surface area contributed by atoms with E-state index in [-0.39, 0.29) is 10.8 Å². The zero-order valence-electron chi connectivity index (χ0n) is 31.7. The van der Waals surface area contributed by atoms with E-state index in [1.54, 1.807) is 0 Å². The fraction of sp³-hybridized carbons (Fsp3) is 0.667. The monoisotopic (exact) mass is 603 g/mol. The van der Waals surface area contributed by atoms with Gasteiger partial charge in [0, 0.05) is 25.2 Å². The minimum Gasteiger partial charge on any atom is -0.286 e. The Morgan fingerprint density at radius 1 is 0.568 bits per heavy atom. The van der Waals surface area contributed by atoms with Crippen LogP contribution in [0.25, 0.3) is 0 Å². The quantitative estimate of drug-likeness (QED) is 0.0847. The molecule has 0 radical (unpaired) electrons. The highest BCUT2D eigenvalue weighted by atomic mass is 14.8. The molecule has 0 aromatic heterocycles. The second kappa shape index (κ2) is 19.3. The number of hydrogen-bond donors (Lipinski definition) is 0. The lowest BCUT2D eigenvalue weighted by Gasteiger charge is -2.28. The van der Waals surface area contributed by atoms with Gasteiger partial charge in [0.2, 0.25) is 0 Å². The first-order chi connectivity index (χ1) is 20.8. The molecular weight excluding hydrogens is 532 g/mol. The van der Waals surface area contributed by atoms with Crippen LogP contribution in [0.4, 0.5) is 0 Å². The van der Waals surface area contributed by atoms with Crippen LogP contribution >= 0.6 is 0 Å². The van der Waals surface area contributed by atoms with Gasteiger partial charge in [0.05, 0.1) is 11.4 Å². The van der Waals surface area contributed by atoms with E-state index in [0.717, 1.165) is 37.1 Å². The summed E-state index contributed by atoms with van der Waals surface area (Å²) < 4.78 is 0. The standard InChI is InChI=1S/C42H70N2/c1-15-19-21-23-25-35(33(7)41(9,10)17-3)29-31(5)37-27-28-38(40(44-14)39(37)43-13)32(6)30-36(26-24-22-20-16-2)34(8)42(11,12)18-4/h27-30H,15-26H2,1-14H3/b31-29+,32-30+,35-33+,36-34+,43-39?,44-40?. The molecule has 44 heavy (non-hydrogen) atoms. The predicted molar refractivity (Wildman–Crippen MR) is 201 cm³/mol. The third-order valence-corrected chi connectivity index (χ3v) is 10.6. The molecular formula is C42H70N2. The lowest BCUT2D eigenvalue weighted by molar-refractivity contribution is 0.424. The summed E-state index contributed by atoms with van der Waals surface area (Å²) >= 11 is 0. The molecule has 1 rings (SSSR count). The Hall–Kier alpha value is -2.22. The zero-order valence-corrected chi connectivity index (χ0v) is 31.7. The van der Waals surface area contributed by atoms with Crippen LogP contribution in [0.3, 0.4) is 0 Å². The fourth-order valence-corrected chi connectivity index (χ4v) is 5.97. The van der Waals surface area contributed by atoms with Gasteiger partial charge in [0.1, 0.15) is 0 Å². The molecule has 0 aliphatic heterocycles. The molecule has 0 spiro atoms. The van der Waals surface area contributed by atoms with Crippen molar-refractivity contribution < 1.29 is 0 Å². The lowest BCUT2D eigenvalue weighted by atomic mass is 9.78. The van der Waals surface area contributed by atoms with Crippen LogP contribution in [0.2, 0.25) is 0 Å². The normalized spacial score (nSPS) is 18.4. The van der Waals surface area contributed by atoms with E-state index in [1.165, 1.54) is 96.0 Å². The molecule has 248 valence electrons. The number of unbranched alkanes of at least 4 members (excludes halogenated alkanes) is 6. The summed E-state index contributed by atoms with van der Waals surface area (Å²) in [7, 11) is 3.84. The van der Waals surface area contributed by atoms with Gasteiger partial charge in [0.15, 0.2) is 0 Å². The molecule has 0 amide bonds. The van der Waals surface area contributed by atoms with E-state index in [1.807, 2.05) is 14.1 Å². The maximum atomic E-state index is 4.86. The highest BCUT2D eigenvalue weighted by molar-refractivity contribution is 6.56. The zero-order chi connectivity index (χ0) is 33.5. The van der Waals surface area contributed by atoms with Crippen LogP contribution in [-0.2, 0) is 0 Å². The van der Waals surface area contributed by atoms with Crippen LogP contribution < -0.4 is 0 Å². The highest BCUT2D eigenvalue weighted by Gasteiger charge is 2.25. The Labute approximate surface area is 274 Å². The largest absolute Gasteiger partial charge is 0.286 e. The molecule has 0 aromatic carbocycles. The Balaban J connectivity index is 3.70. The number of aliphatic imine (C=N–C) groups is 2. The molecule has 0 heterocycles. The number of allylic oxidation sites excluding steroid dienone is 12. The van der Waals surface area contributed by atoms with Gasteiger partial charge in [-0.1, -0.05) is 129 Å². The summed E-state index contributed by atoms with van der Waals surface area (Å²) in [6.07, 6.45) is 24.3. The maximum Gasteiger partial charge on any atom is 0.0903 e. The van der Waals surface area contributed by atoms with Crippen LogP contribution in [0.5, 0.6) is 0 Å². The lowest BCUT2D eigenvalue weighted by Crippen LogP contribution is -2.24. The van der Waals surface area contributed by atoms with Crippen LogP contribution in [0.1, 0.15) is 160 Å². The first-order valence-electron chi connectivity index (χ1n) is 17.9. The third-order valence-electron chi connectivity index (χ3n) is 10.6. The smallest absolute Gasteiger partial charge is 0.0903 e. The van der Waals surface area contributed by atoms with Gasteiger partial charge < -0.3 is 0 Å². The first kappa shape index (κ1) is 39.8. The van der Waals surface area contributed by atoms with Gasteiger partial charge in [-0.25, -0.2) is 0 Å². The molecule has 1 aliphatic rings. The molecule has 0 fully saturated rings. The van der Waals surface area contributed by atoms with Gasteiger partial charge >= 0.3 is 0 Å². The summed E-state index contributed by atoms with van der Waals surface area (Å²) in [5.41, 5.74) is 13.3. The molecule has 0 saturated carbocycles. The topological polar surface area (TPSA) is 24.7 Å². The van der Waals surface area contributed by atoms with Crippen LogP contribution in [0.15, 0.2) is 78.9 Å². The summed E-state index contributed by atoms with van der Waals surface area (Å²) in [5.74, 6) is 0. The average molecular weight is 603 g/mol. The number of hydrogen-bond acceptors (Lipinski definition) is 2. The van der Waals surface area contributed by atoms with Crippen molar-refractivity contribution in [3.63, 3.8) is 0 Å². The molecule has 2 heteroatoms. The van der Waals surface area contributed by atoms with E-state index >= 15 is 0 Å². The Morgan fingerprint density at radius 2 is 0.909 bits per heavy atom. The van der Waals surface area contributed by atoms with Crippen molar-refractivity contribution >= 4 is 11.4 Å². The predicted octanol–water partition coefficient (Wildman–Crippen LogP) is 13.3. The molecule has 0 N–H and O–H groups in total. The summed E-state index contributed by atoms with van der Waals surface area (Å²) in [6.45, 7) is 28.0. The fourth-order valence-electron chi connectivity index (χ4n) is 5.97. The second-order valence-electron chi connectivity index (χ2n) is 14.4. The second-order valence-corrected chi connectivity index (χ2v) is 14.4. The van der Waals surface area contributed by atoms with E-state index in [0.29, 0.717) is 0 Å². The van der Waals surface area contributed by atoms with Gasteiger partial charge in [0.25, 0.3) is 0 Å².